The molecule has 84 valence electrons. The Bertz CT molecular complexity index is 557. The summed E-state index contributed by atoms with van der Waals surface area (Å²) in [6.45, 7) is 2.07. The lowest BCUT2D eigenvalue weighted by Crippen LogP contribution is -2.11. The van der Waals surface area contributed by atoms with E-state index < -0.39 is 0 Å². The molecule has 0 aliphatic carbocycles. The SMILES string of the molecule is CCCc1cc2ccc(OC)cc2[nH]c1=O. The van der Waals surface area contributed by atoms with Crippen molar-refractivity contribution in [2.45, 2.75) is 19.8 Å². The first-order chi connectivity index (χ1) is 7.74. The number of fused-ring (bicyclic) bond motifs is 1. The number of rotatable bonds is 3. The topological polar surface area (TPSA) is 42.1 Å². The second kappa shape index (κ2) is 4.39. The van der Waals surface area contributed by atoms with E-state index in [4.69, 9.17) is 4.74 Å². The maximum absolute atomic E-state index is 11.7. The number of H-pyrrole nitrogens is 1. The number of nitrogens with one attached hydrogen (secondary N) is 1. The van der Waals surface area contributed by atoms with Crippen molar-refractivity contribution in [2.75, 3.05) is 7.11 Å². The largest absolute Gasteiger partial charge is 0.497 e. The highest BCUT2D eigenvalue weighted by Crippen LogP contribution is 2.18. The molecule has 0 amide bonds. The van der Waals surface area contributed by atoms with E-state index in [1.807, 2.05) is 24.3 Å². The molecule has 0 spiro atoms. The summed E-state index contributed by atoms with van der Waals surface area (Å²) in [5.41, 5.74) is 1.67. The molecule has 3 heteroatoms. The van der Waals surface area contributed by atoms with Crippen molar-refractivity contribution in [3.05, 3.63) is 40.2 Å². The highest BCUT2D eigenvalue weighted by molar-refractivity contribution is 5.80. The fourth-order valence-corrected chi connectivity index (χ4v) is 1.81. The number of hydrogen-bond donors (Lipinski definition) is 1. The third kappa shape index (κ3) is 1.94. The van der Waals surface area contributed by atoms with Crippen molar-refractivity contribution in [2.24, 2.45) is 0 Å². The summed E-state index contributed by atoms with van der Waals surface area (Å²) in [6, 6.07) is 7.66. The van der Waals surface area contributed by atoms with Crippen LogP contribution in [0.1, 0.15) is 18.9 Å². The van der Waals surface area contributed by atoms with E-state index in [0.717, 1.165) is 35.1 Å². The van der Waals surface area contributed by atoms with Crippen LogP contribution >= 0.6 is 0 Å². The number of aryl methyl sites for hydroxylation is 1. The molecule has 0 saturated carbocycles. The fourth-order valence-electron chi connectivity index (χ4n) is 1.81. The molecule has 0 atom stereocenters. The van der Waals surface area contributed by atoms with Crippen LogP contribution in [0, 0.1) is 0 Å². The van der Waals surface area contributed by atoms with Gasteiger partial charge in [-0.2, -0.15) is 0 Å². The van der Waals surface area contributed by atoms with Crippen LogP contribution in [0.2, 0.25) is 0 Å². The van der Waals surface area contributed by atoms with Crippen molar-refractivity contribution >= 4 is 10.9 Å². The van der Waals surface area contributed by atoms with Gasteiger partial charge < -0.3 is 9.72 Å². The van der Waals surface area contributed by atoms with E-state index in [9.17, 15) is 4.79 Å². The molecule has 2 aromatic rings. The summed E-state index contributed by atoms with van der Waals surface area (Å²) in [5.74, 6) is 0.756. The van der Waals surface area contributed by atoms with Gasteiger partial charge in [0.25, 0.3) is 5.56 Å². The molecule has 1 aromatic heterocycles. The number of aromatic nitrogens is 1. The lowest BCUT2D eigenvalue weighted by Gasteiger charge is -2.04. The van der Waals surface area contributed by atoms with Gasteiger partial charge in [0.15, 0.2) is 0 Å². The lowest BCUT2D eigenvalue weighted by molar-refractivity contribution is 0.415. The van der Waals surface area contributed by atoms with Crippen LogP contribution in [-0.2, 0) is 6.42 Å². The van der Waals surface area contributed by atoms with Gasteiger partial charge in [0.1, 0.15) is 5.75 Å². The normalized spacial score (nSPS) is 10.6. The summed E-state index contributed by atoms with van der Waals surface area (Å²) < 4.78 is 5.12. The van der Waals surface area contributed by atoms with Gasteiger partial charge in [0.2, 0.25) is 0 Å². The molecule has 16 heavy (non-hydrogen) atoms. The molecule has 1 aromatic carbocycles. The average molecular weight is 217 g/mol. The zero-order valence-corrected chi connectivity index (χ0v) is 9.54. The van der Waals surface area contributed by atoms with Gasteiger partial charge in [-0.1, -0.05) is 13.3 Å². The zero-order chi connectivity index (χ0) is 11.5. The van der Waals surface area contributed by atoms with E-state index in [-0.39, 0.29) is 5.56 Å². The average Bonchev–Trinajstić information content (AvgIpc) is 2.30. The summed E-state index contributed by atoms with van der Waals surface area (Å²) >= 11 is 0. The first-order valence-electron chi connectivity index (χ1n) is 5.44. The quantitative estimate of drug-likeness (QED) is 0.858. The van der Waals surface area contributed by atoms with Crippen molar-refractivity contribution < 1.29 is 4.74 Å². The van der Waals surface area contributed by atoms with Gasteiger partial charge >= 0.3 is 0 Å². The second-order valence-corrected chi connectivity index (χ2v) is 3.83. The Labute approximate surface area is 94.1 Å². The standard InChI is InChI=1S/C13H15NO2/c1-3-4-10-7-9-5-6-11(16-2)8-12(9)14-13(10)15/h5-8H,3-4H2,1-2H3,(H,14,15). The maximum atomic E-state index is 11.7. The molecule has 1 N–H and O–H groups in total. The van der Waals surface area contributed by atoms with Crippen molar-refractivity contribution in [1.82, 2.24) is 4.98 Å². The summed E-state index contributed by atoms with van der Waals surface area (Å²) in [5, 5.41) is 1.05. The molecule has 3 nitrogen and oxygen atoms in total. The molecule has 0 unspecified atom stereocenters. The lowest BCUT2D eigenvalue weighted by atomic mass is 10.1. The minimum atomic E-state index is 0.00241. The zero-order valence-electron chi connectivity index (χ0n) is 9.54. The number of benzene rings is 1. The number of aromatic amines is 1. The van der Waals surface area contributed by atoms with Crippen LogP contribution < -0.4 is 10.3 Å². The van der Waals surface area contributed by atoms with Crippen LogP contribution in [0.3, 0.4) is 0 Å². The van der Waals surface area contributed by atoms with Crippen LogP contribution in [0.15, 0.2) is 29.1 Å². The maximum Gasteiger partial charge on any atom is 0.251 e. The van der Waals surface area contributed by atoms with E-state index >= 15 is 0 Å². The van der Waals surface area contributed by atoms with Gasteiger partial charge in [-0.05, 0) is 30.0 Å². The third-order valence-corrected chi connectivity index (χ3v) is 2.65. The number of methoxy groups -OCH3 is 1. The van der Waals surface area contributed by atoms with E-state index in [2.05, 4.69) is 11.9 Å². The summed E-state index contributed by atoms with van der Waals surface area (Å²) in [4.78, 5) is 14.6. The smallest absolute Gasteiger partial charge is 0.251 e. The molecule has 0 radical (unpaired) electrons. The Morgan fingerprint density at radius 3 is 2.81 bits per heavy atom. The molecule has 0 bridgehead atoms. The van der Waals surface area contributed by atoms with E-state index in [1.54, 1.807) is 7.11 Å². The molecule has 0 aliphatic heterocycles. The predicted octanol–water partition coefficient (Wildman–Crippen LogP) is 2.49. The van der Waals surface area contributed by atoms with Crippen LogP contribution in [0.5, 0.6) is 5.75 Å². The first kappa shape index (κ1) is 10.7. The third-order valence-electron chi connectivity index (χ3n) is 2.65. The number of pyridine rings is 1. The Kier molecular flexibility index (Phi) is 2.95. The summed E-state index contributed by atoms with van der Waals surface area (Å²) in [6.07, 6.45) is 1.79. The second-order valence-electron chi connectivity index (χ2n) is 3.83. The Morgan fingerprint density at radius 2 is 2.12 bits per heavy atom. The van der Waals surface area contributed by atoms with Crippen molar-refractivity contribution in [1.29, 1.82) is 0 Å². The fraction of sp³-hybridized carbons (Fsp3) is 0.308. The molecule has 2 rings (SSSR count). The van der Waals surface area contributed by atoms with Crippen LogP contribution in [0.4, 0.5) is 0 Å². The van der Waals surface area contributed by atoms with Gasteiger partial charge in [0, 0.05) is 11.6 Å². The van der Waals surface area contributed by atoms with E-state index in [0.29, 0.717) is 0 Å². The van der Waals surface area contributed by atoms with Gasteiger partial charge in [-0.15, -0.1) is 0 Å². The number of ether oxygens (including phenoxy) is 1. The Hall–Kier alpha value is -1.77. The molecule has 0 aliphatic rings. The molecular weight excluding hydrogens is 202 g/mol. The number of hydrogen-bond acceptors (Lipinski definition) is 2. The van der Waals surface area contributed by atoms with Crippen LogP contribution in [0.25, 0.3) is 10.9 Å². The molecule has 0 saturated heterocycles. The predicted molar refractivity (Wildman–Crippen MR) is 65.1 cm³/mol. The minimum Gasteiger partial charge on any atom is -0.497 e. The first-order valence-corrected chi connectivity index (χ1v) is 5.44. The monoisotopic (exact) mass is 217 g/mol. The van der Waals surface area contributed by atoms with Gasteiger partial charge in [0.05, 0.1) is 12.6 Å². The summed E-state index contributed by atoms with van der Waals surface area (Å²) in [7, 11) is 1.62. The van der Waals surface area contributed by atoms with Crippen LogP contribution in [-0.4, -0.2) is 12.1 Å². The molecule has 1 heterocycles. The van der Waals surface area contributed by atoms with Crippen molar-refractivity contribution in [3.8, 4) is 5.75 Å². The molecule has 0 fully saturated rings. The molecular formula is C13H15NO2. The van der Waals surface area contributed by atoms with Gasteiger partial charge in [-0.3, -0.25) is 4.79 Å². The highest BCUT2D eigenvalue weighted by atomic mass is 16.5. The van der Waals surface area contributed by atoms with Gasteiger partial charge in [-0.25, -0.2) is 0 Å². The Balaban J connectivity index is 2.59. The Morgan fingerprint density at radius 1 is 1.31 bits per heavy atom. The van der Waals surface area contributed by atoms with Crippen molar-refractivity contribution in [3.63, 3.8) is 0 Å². The van der Waals surface area contributed by atoms with E-state index in [1.165, 1.54) is 0 Å². The highest BCUT2D eigenvalue weighted by Gasteiger charge is 2.02. The minimum absolute atomic E-state index is 0.00241.